The molecule has 0 bridgehead atoms. The van der Waals surface area contributed by atoms with Crippen molar-refractivity contribution >= 4 is 15.9 Å². The van der Waals surface area contributed by atoms with Gasteiger partial charge in [0.2, 0.25) is 10.0 Å². The van der Waals surface area contributed by atoms with Crippen LogP contribution in [0.15, 0.2) is 47.4 Å². The summed E-state index contributed by atoms with van der Waals surface area (Å²) in [6, 6.07) is 11.4. The molecule has 152 valence electrons. The molecule has 1 N–H and O–H groups in total. The van der Waals surface area contributed by atoms with Gasteiger partial charge in [-0.05, 0) is 38.1 Å². The Morgan fingerprint density at radius 3 is 2.32 bits per heavy atom. The van der Waals surface area contributed by atoms with Gasteiger partial charge in [-0.25, -0.2) is 8.42 Å². The van der Waals surface area contributed by atoms with Gasteiger partial charge < -0.3 is 14.8 Å². The molecule has 7 nitrogen and oxygen atoms in total. The van der Waals surface area contributed by atoms with E-state index < -0.39 is 15.9 Å². The van der Waals surface area contributed by atoms with Gasteiger partial charge in [-0.1, -0.05) is 18.2 Å². The van der Waals surface area contributed by atoms with Gasteiger partial charge >= 0.3 is 0 Å². The average Bonchev–Trinajstić information content (AvgIpc) is 2.67. The SMILES string of the molecule is COc1ccccc1CN(C)S(=O)(=O)c1ccc(OC)c(C(=O)NC(C)C)c1. The van der Waals surface area contributed by atoms with Crippen LogP contribution >= 0.6 is 0 Å². The molecule has 0 aliphatic heterocycles. The van der Waals surface area contributed by atoms with Crippen molar-refractivity contribution in [1.29, 1.82) is 0 Å². The summed E-state index contributed by atoms with van der Waals surface area (Å²) in [7, 11) is 0.629. The molecule has 0 radical (unpaired) electrons. The number of nitrogens with zero attached hydrogens (tertiary/aromatic N) is 1. The third-order valence-corrected chi connectivity index (χ3v) is 5.93. The summed E-state index contributed by atoms with van der Waals surface area (Å²) in [5.74, 6) is 0.525. The van der Waals surface area contributed by atoms with E-state index in [1.54, 1.807) is 12.1 Å². The van der Waals surface area contributed by atoms with E-state index >= 15 is 0 Å². The zero-order valence-corrected chi connectivity index (χ0v) is 17.5. The highest BCUT2D eigenvalue weighted by molar-refractivity contribution is 7.89. The summed E-state index contributed by atoms with van der Waals surface area (Å²) in [5.41, 5.74) is 0.908. The molecule has 1 amide bonds. The van der Waals surface area contributed by atoms with Crippen molar-refractivity contribution in [3.8, 4) is 11.5 Å². The molecule has 0 aliphatic carbocycles. The molecule has 2 rings (SSSR count). The molecule has 0 spiro atoms. The molecule has 2 aromatic rings. The highest BCUT2D eigenvalue weighted by atomic mass is 32.2. The van der Waals surface area contributed by atoms with Gasteiger partial charge in [-0.3, -0.25) is 4.79 Å². The molecule has 2 aromatic carbocycles. The number of hydrogen-bond acceptors (Lipinski definition) is 5. The summed E-state index contributed by atoms with van der Waals surface area (Å²) in [4.78, 5) is 12.5. The number of benzene rings is 2. The number of para-hydroxylation sites is 1. The predicted molar refractivity (Wildman–Crippen MR) is 107 cm³/mol. The van der Waals surface area contributed by atoms with Gasteiger partial charge in [0.25, 0.3) is 5.91 Å². The first kappa shape index (κ1) is 21.7. The van der Waals surface area contributed by atoms with E-state index in [0.29, 0.717) is 11.5 Å². The smallest absolute Gasteiger partial charge is 0.255 e. The Morgan fingerprint density at radius 1 is 1.07 bits per heavy atom. The zero-order chi connectivity index (χ0) is 20.9. The number of carbonyl (C=O) groups excluding carboxylic acids is 1. The van der Waals surface area contributed by atoms with Gasteiger partial charge in [0, 0.05) is 25.2 Å². The van der Waals surface area contributed by atoms with Gasteiger partial charge in [-0.2, -0.15) is 4.31 Å². The third kappa shape index (κ3) is 4.82. The standard InChI is InChI=1S/C20H26N2O5S/c1-14(2)21-20(23)17-12-16(10-11-19(17)27-5)28(24,25)22(3)13-15-8-6-7-9-18(15)26-4/h6-12,14H,13H2,1-5H3,(H,21,23). The molecule has 0 unspecified atom stereocenters. The van der Waals surface area contributed by atoms with Crippen LogP contribution in [-0.2, 0) is 16.6 Å². The topological polar surface area (TPSA) is 84.9 Å². The highest BCUT2D eigenvalue weighted by Gasteiger charge is 2.25. The van der Waals surface area contributed by atoms with Gasteiger partial charge in [0.15, 0.2) is 0 Å². The van der Waals surface area contributed by atoms with Crippen molar-refractivity contribution < 1.29 is 22.7 Å². The van der Waals surface area contributed by atoms with Crippen molar-refractivity contribution in [3.05, 3.63) is 53.6 Å². The molecule has 0 heterocycles. The van der Waals surface area contributed by atoms with Gasteiger partial charge in [-0.15, -0.1) is 0 Å². The lowest BCUT2D eigenvalue weighted by Crippen LogP contribution is -2.31. The number of carbonyl (C=O) groups is 1. The first-order valence-electron chi connectivity index (χ1n) is 8.77. The van der Waals surface area contributed by atoms with Crippen LogP contribution in [0.3, 0.4) is 0 Å². The number of methoxy groups -OCH3 is 2. The minimum atomic E-state index is -3.83. The van der Waals surface area contributed by atoms with E-state index in [0.717, 1.165) is 5.56 Å². The van der Waals surface area contributed by atoms with Crippen LogP contribution in [-0.4, -0.2) is 45.9 Å². The molecule has 0 aromatic heterocycles. The summed E-state index contributed by atoms with van der Waals surface area (Å²) in [6.07, 6.45) is 0. The van der Waals surface area contributed by atoms with Crippen LogP contribution in [0.2, 0.25) is 0 Å². The van der Waals surface area contributed by atoms with Crippen molar-refractivity contribution in [2.45, 2.75) is 31.3 Å². The highest BCUT2D eigenvalue weighted by Crippen LogP contribution is 2.26. The Morgan fingerprint density at radius 2 is 1.71 bits per heavy atom. The molecule has 0 atom stereocenters. The molecule has 0 saturated carbocycles. The zero-order valence-electron chi connectivity index (χ0n) is 16.7. The van der Waals surface area contributed by atoms with Gasteiger partial charge in [0.05, 0.1) is 24.7 Å². The Bertz CT molecular complexity index is 941. The van der Waals surface area contributed by atoms with Crippen molar-refractivity contribution in [2.24, 2.45) is 0 Å². The second-order valence-electron chi connectivity index (χ2n) is 6.56. The maximum absolute atomic E-state index is 13.0. The minimum absolute atomic E-state index is 0.0135. The number of ether oxygens (including phenoxy) is 2. The first-order chi connectivity index (χ1) is 13.2. The van der Waals surface area contributed by atoms with Crippen molar-refractivity contribution in [3.63, 3.8) is 0 Å². The van der Waals surface area contributed by atoms with E-state index in [1.807, 2.05) is 26.0 Å². The summed E-state index contributed by atoms with van der Waals surface area (Å²) in [5, 5.41) is 2.75. The van der Waals surface area contributed by atoms with E-state index in [1.165, 1.54) is 43.8 Å². The quantitative estimate of drug-likeness (QED) is 0.729. The molecular formula is C20H26N2O5S. The van der Waals surface area contributed by atoms with Gasteiger partial charge in [0.1, 0.15) is 11.5 Å². The second-order valence-corrected chi connectivity index (χ2v) is 8.61. The van der Waals surface area contributed by atoms with E-state index in [9.17, 15) is 13.2 Å². The number of nitrogens with one attached hydrogen (secondary N) is 1. The lowest BCUT2D eigenvalue weighted by molar-refractivity contribution is 0.0940. The lowest BCUT2D eigenvalue weighted by Gasteiger charge is -2.20. The normalized spacial score (nSPS) is 11.5. The fourth-order valence-corrected chi connectivity index (χ4v) is 3.88. The Kier molecular flexibility index (Phi) is 7.04. The number of hydrogen-bond donors (Lipinski definition) is 1. The molecule has 0 fully saturated rings. The molecular weight excluding hydrogens is 380 g/mol. The third-order valence-electron chi connectivity index (χ3n) is 4.13. The maximum atomic E-state index is 13.0. The monoisotopic (exact) mass is 406 g/mol. The molecule has 0 aliphatic rings. The predicted octanol–water partition coefficient (Wildman–Crippen LogP) is 2.66. The van der Waals surface area contributed by atoms with E-state index in [2.05, 4.69) is 5.32 Å². The van der Waals surface area contributed by atoms with Crippen LogP contribution in [0, 0.1) is 0 Å². The van der Waals surface area contributed by atoms with Crippen LogP contribution in [0.5, 0.6) is 11.5 Å². The lowest BCUT2D eigenvalue weighted by atomic mass is 10.2. The largest absolute Gasteiger partial charge is 0.496 e. The molecule has 8 heteroatoms. The van der Waals surface area contributed by atoms with Crippen molar-refractivity contribution in [1.82, 2.24) is 9.62 Å². The maximum Gasteiger partial charge on any atom is 0.255 e. The Labute approximate surface area is 166 Å². The second kappa shape index (κ2) is 9.07. The Balaban J connectivity index is 2.37. The average molecular weight is 407 g/mol. The van der Waals surface area contributed by atoms with E-state index in [4.69, 9.17) is 9.47 Å². The first-order valence-corrected chi connectivity index (χ1v) is 10.2. The number of sulfonamides is 1. The minimum Gasteiger partial charge on any atom is -0.496 e. The number of rotatable bonds is 8. The van der Waals surface area contributed by atoms with Crippen LogP contribution in [0.4, 0.5) is 0 Å². The van der Waals surface area contributed by atoms with Crippen LogP contribution in [0.1, 0.15) is 29.8 Å². The summed E-state index contributed by atoms with van der Waals surface area (Å²) in [6.45, 7) is 3.78. The molecule has 0 saturated heterocycles. The van der Waals surface area contributed by atoms with Crippen LogP contribution in [0.25, 0.3) is 0 Å². The van der Waals surface area contributed by atoms with Crippen LogP contribution < -0.4 is 14.8 Å². The number of amides is 1. The van der Waals surface area contributed by atoms with Crippen molar-refractivity contribution in [2.75, 3.05) is 21.3 Å². The Hall–Kier alpha value is -2.58. The summed E-state index contributed by atoms with van der Waals surface area (Å²) >= 11 is 0. The molecule has 28 heavy (non-hydrogen) atoms. The van der Waals surface area contributed by atoms with E-state index in [-0.39, 0.29) is 23.0 Å². The fourth-order valence-electron chi connectivity index (χ4n) is 2.70. The summed E-state index contributed by atoms with van der Waals surface area (Å²) < 4.78 is 37.8. The fraction of sp³-hybridized carbons (Fsp3) is 0.350.